The fraction of sp³-hybridized carbons (Fsp3) is 0.0952. The Morgan fingerprint density at radius 3 is 2.68 bits per heavy atom. The number of nitrogens with zero attached hydrogens (tertiary/aromatic N) is 2. The molecule has 0 fully saturated rings. The van der Waals surface area contributed by atoms with Crippen molar-refractivity contribution in [2.45, 2.75) is 13.3 Å². The van der Waals surface area contributed by atoms with Gasteiger partial charge in [0.25, 0.3) is 0 Å². The molecule has 0 radical (unpaired) electrons. The van der Waals surface area contributed by atoms with Crippen LogP contribution < -0.4 is 5.32 Å². The summed E-state index contributed by atoms with van der Waals surface area (Å²) < 4.78 is 1.02. The number of hydrogen-bond donors (Lipinski definition) is 2. The highest BCUT2D eigenvalue weighted by atomic mass is 79.9. The van der Waals surface area contributed by atoms with Crippen molar-refractivity contribution in [1.29, 1.82) is 0 Å². The molecule has 0 aliphatic carbocycles. The minimum Gasteiger partial charge on any atom is -0.478 e. The van der Waals surface area contributed by atoms with Crippen molar-refractivity contribution in [2.24, 2.45) is 0 Å². The maximum atomic E-state index is 11.3. The smallest absolute Gasteiger partial charge is 0.335 e. The lowest BCUT2D eigenvalue weighted by Crippen LogP contribution is -1.99. The van der Waals surface area contributed by atoms with Gasteiger partial charge in [0.15, 0.2) is 0 Å². The molecule has 2 heterocycles. The lowest BCUT2D eigenvalue weighted by atomic mass is 10.0. The lowest BCUT2D eigenvalue weighted by molar-refractivity contribution is 0.0697. The second kappa shape index (κ2) is 7.69. The number of halogens is 1. The number of thiophene rings is 1. The zero-order valence-electron chi connectivity index (χ0n) is 14.9. The van der Waals surface area contributed by atoms with E-state index >= 15 is 0 Å². The van der Waals surface area contributed by atoms with Crippen molar-refractivity contribution in [3.05, 3.63) is 69.8 Å². The SMILES string of the molecule is CCc1sc2ncnc(Nc3cccc(C(=O)O)c3)c2c1-c1ccc(Br)cc1. The van der Waals surface area contributed by atoms with Crippen molar-refractivity contribution < 1.29 is 9.90 Å². The summed E-state index contributed by atoms with van der Waals surface area (Å²) in [5, 5.41) is 13.5. The van der Waals surface area contributed by atoms with E-state index in [0.717, 1.165) is 32.2 Å². The molecule has 2 aromatic carbocycles. The zero-order valence-corrected chi connectivity index (χ0v) is 17.3. The zero-order chi connectivity index (χ0) is 19.7. The molecule has 5 nitrogen and oxygen atoms in total. The van der Waals surface area contributed by atoms with Crippen LogP contribution in [0.15, 0.2) is 59.3 Å². The first-order valence-electron chi connectivity index (χ1n) is 8.69. The predicted molar refractivity (Wildman–Crippen MR) is 117 cm³/mol. The number of benzene rings is 2. The van der Waals surface area contributed by atoms with Crippen molar-refractivity contribution in [3.63, 3.8) is 0 Å². The molecule has 0 bridgehead atoms. The third kappa shape index (κ3) is 3.50. The summed E-state index contributed by atoms with van der Waals surface area (Å²) in [5.74, 6) is -0.294. The maximum absolute atomic E-state index is 11.3. The van der Waals surface area contributed by atoms with Crippen LogP contribution in [0.4, 0.5) is 11.5 Å². The molecule has 0 saturated heterocycles. The molecule has 0 spiro atoms. The van der Waals surface area contributed by atoms with Crippen LogP contribution in [0.25, 0.3) is 21.3 Å². The Morgan fingerprint density at radius 1 is 1.18 bits per heavy atom. The molecule has 7 heteroatoms. The van der Waals surface area contributed by atoms with Crippen LogP contribution in [0, 0.1) is 0 Å². The fourth-order valence-corrected chi connectivity index (χ4v) is 4.48. The van der Waals surface area contributed by atoms with E-state index in [-0.39, 0.29) is 5.56 Å². The van der Waals surface area contributed by atoms with Crippen molar-refractivity contribution >= 4 is 55.0 Å². The minimum absolute atomic E-state index is 0.225. The average Bonchev–Trinajstić information content (AvgIpc) is 3.08. The topological polar surface area (TPSA) is 75.1 Å². The molecular formula is C21H16BrN3O2S. The fourth-order valence-electron chi connectivity index (χ4n) is 3.11. The van der Waals surface area contributed by atoms with E-state index in [9.17, 15) is 9.90 Å². The van der Waals surface area contributed by atoms with Gasteiger partial charge in [-0.15, -0.1) is 11.3 Å². The van der Waals surface area contributed by atoms with Gasteiger partial charge in [-0.05, 0) is 42.3 Å². The molecule has 4 aromatic rings. The number of carboxylic acids is 1. The summed E-state index contributed by atoms with van der Waals surface area (Å²) in [5.41, 5.74) is 3.12. The Kier molecular flexibility index (Phi) is 5.11. The largest absolute Gasteiger partial charge is 0.478 e. The van der Waals surface area contributed by atoms with Gasteiger partial charge in [0, 0.05) is 20.6 Å². The van der Waals surface area contributed by atoms with Gasteiger partial charge in [-0.3, -0.25) is 0 Å². The lowest BCUT2D eigenvalue weighted by Gasteiger charge is -2.10. The molecule has 0 atom stereocenters. The van der Waals surface area contributed by atoms with Crippen LogP contribution in [-0.2, 0) is 6.42 Å². The van der Waals surface area contributed by atoms with Gasteiger partial charge in [-0.2, -0.15) is 0 Å². The number of nitrogens with one attached hydrogen (secondary N) is 1. The summed E-state index contributed by atoms with van der Waals surface area (Å²) in [6.07, 6.45) is 2.42. The molecule has 0 aliphatic heterocycles. The maximum Gasteiger partial charge on any atom is 0.335 e. The number of carbonyl (C=O) groups is 1. The first-order valence-corrected chi connectivity index (χ1v) is 10.3. The monoisotopic (exact) mass is 453 g/mol. The number of hydrogen-bond acceptors (Lipinski definition) is 5. The van der Waals surface area contributed by atoms with Gasteiger partial charge >= 0.3 is 5.97 Å². The Balaban J connectivity index is 1.88. The van der Waals surface area contributed by atoms with E-state index in [1.54, 1.807) is 29.5 Å². The second-order valence-corrected chi connectivity index (χ2v) is 8.17. The third-order valence-corrected chi connectivity index (χ3v) is 6.16. The molecular weight excluding hydrogens is 438 g/mol. The number of aromatic carboxylic acids is 1. The third-order valence-electron chi connectivity index (χ3n) is 4.39. The molecule has 0 aliphatic rings. The van der Waals surface area contributed by atoms with Gasteiger partial charge in [-0.25, -0.2) is 14.8 Å². The van der Waals surface area contributed by atoms with Crippen molar-refractivity contribution in [2.75, 3.05) is 5.32 Å². The second-order valence-electron chi connectivity index (χ2n) is 6.17. The van der Waals surface area contributed by atoms with Gasteiger partial charge in [0.05, 0.1) is 10.9 Å². The van der Waals surface area contributed by atoms with Crippen LogP contribution in [0.3, 0.4) is 0 Å². The van der Waals surface area contributed by atoms with E-state index < -0.39 is 5.97 Å². The number of fused-ring (bicyclic) bond motifs is 1. The van der Waals surface area contributed by atoms with E-state index in [2.05, 4.69) is 50.3 Å². The predicted octanol–water partition coefficient (Wildman–Crippen LogP) is 6.13. The Morgan fingerprint density at radius 2 is 1.96 bits per heavy atom. The van der Waals surface area contributed by atoms with E-state index in [4.69, 9.17) is 0 Å². The number of rotatable bonds is 5. The number of carboxylic acid groups (broad SMARTS) is 1. The van der Waals surface area contributed by atoms with E-state index in [0.29, 0.717) is 11.5 Å². The van der Waals surface area contributed by atoms with Gasteiger partial charge in [-0.1, -0.05) is 41.1 Å². The molecule has 0 saturated carbocycles. The molecule has 2 N–H and O–H groups in total. The molecule has 4 rings (SSSR count). The molecule has 28 heavy (non-hydrogen) atoms. The highest BCUT2D eigenvalue weighted by Crippen LogP contribution is 2.42. The minimum atomic E-state index is -0.962. The van der Waals surface area contributed by atoms with Crippen molar-refractivity contribution in [1.82, 2.24) is 9.97 Å². The number of aryl methyl sites for hydroxylation is 1. The standard InChI is InChI=1S/C21H16BrN3O2S/c1-2-16-17(12-6-8-14(22)9-7-12)18-19(23-11-24-20(18)28-16)25-15-5-3-4-13(10-15)21(26)27/h3-11H,2H2,1H3,(H,26,27)(H,23,24,25). The molecule has 2 aromatic heterocycles. The normalized spacial score (nSPS) is 10.9. The van der Waals surface area contributed by atoms with Crippen LogP contribution in [0.2, 0.25) is 0 Å². The van der Waals surface area contributed by atoms with Gasteiger partial charge < -0.3 is 10.4 Å². The highest BCUT2D eigenvalue weighted by molar-refractivity contribution is 9.10. The Bertz CT molecular complexity index is 1170. The first-order chi connectivity index (χ1) is 13.6. The van der Waals surface area contributed by atoms with Gasteiger partial charge in [0.1, 0.15) is 17.0 Å². The Labute approximate surface area is 174 Å². The number of anilines is 2. The molecule has 140 valence electrons. The molecule has 0 unspecified atom stereocenters. The van der Waals surface area contributed by atoms with Crippen LogP contribution in [-0.4, -0.2) is 21.0 Å². The summed E-state index contributed by atoms with van der Waals surface area (Å²) in [6.45, 7) is 2.13. The molecule has 0 amide bonds. The van der Waals surface area contributed by atoms with Crippen molar-refractivity contribution in [3.8, 4) is 11.1 Å². The highest BCUT2D eigenvalue weighted by Gasteiger charge is 2.18. The van der Waals surface area contributed by atoms with E-state index in [1.807, 2.05) is 18.2 Å². The summed E-state index contributed by atoms with van der Waals surface area (Å²) >= 11 is 5.15. The average molecular weight is 454 g/mol. The number of aromatic nitrogens is 2. The quantitative estimate of drug-likeness (QED) is 0.380. The van der Waals surface area contributed by atoms with Crippen LogP contribution in [0.1, 0.15) is 22.2 Å². The first kappa shape index (κ1) is 18.6. The summed E-state index contributed by atoms with van der Waals surface area (Å²) in [7, 11) is 0. The summed E-state index contributed by atoms with van der Waals surface area (Å²) in [4.78, 5) is 22.3. The van der Waals surface area contributed by atoms with Gasteiger partial charge in [0.2, 0.25) is 0 Å². The van der Waals surface area contributed by atoms with E-state index in [1.165, 1.54) is 11.2 Å². The van der Waals surface area contributed by atoms with Crippen LogP contribution >= 0.6 is 27.3 Å². The Hall–Kier alpha value is -2.77. The van der Waals surface area contributed by atoms with Crippen LogP contribution in [0.5, 0.6) is 0 Å². The summed E-state index contributed by atoms with van der Waals surface area (Å²) in [6, 6.07) is 14.9.